The first-order valence-electron chi connectivity index (χ1n) is 7.07. The Morgan fingerprint density at radius 3 is 2.70 bits per heavy atom. The molecule has 1 heterocycles. The number of fused-ring (bicyclic) bond motifs is 1. The highest BCUT2D eigenvalue weighted by Gasteiger charge is 2.11. The van der Waals surface area contributed by atoms with Gasteiger partial charge in [-0.3, -0.25) is 4.98 Å². The van der Waals surface area contributed by atoms with E-state index < -0.39 is 0 Å². The Hall–Kier alpha value is -2.58. The highest BCUT2D eigenvalue weighted by Crippen LogP contribution is 2.31. The standard InChI is InChI=1S/C18H14BrN3O/c1-23-16-4-2-3-15-17(13(9-20)11-22-18(15)16)21-10-12-5-7-14(19)8-6-12/h2-8,11H,10H2,1H3,(H,21,22). The fraction of sp³-hybridized carbons (Fsp3) is 0.111. The molecule has 0 fully saturated rings. The minimum atomic E-state index is 0.517. The average Bonchev–Trinajstić information content (AvgIpc) is 2.60. The summed E-state index contributed by atoms with van der Waals surface area (Å²) in [5, 5.41) is 13.6. The Labute approximate surface area is 142 Å². The van der Waals surface area contributed by atoms with Gasteiger partial charge >= 0.3 is 0 Å². The SMILES string of the molecule is COc1cccc2c(NCc3ccc(Br)cc3)c(C#N)cnc12. The number of anilines is 1. The second-order valence-corrected chi connectivity index (χ2v) is 5.91. The fourth-order valence-electron chi connectivity index (χ4n) is 2.43. The van der Waals surface area contributed by atoms with Crippen molar-refractivity contribution in [1.82, 2.24) is 4.98 Å². The highest BCUT2D eigenvalue weighted by molar-refractivity contribution is 9.10. The third-order valence-electron chi connectivity index (χ3n) is 3.58. The zero-order valence-electron chi connectivity index (χ0n) is 12.5. The van der Waals surface area contributed by atoms with Crippen molar-refractivity contribution in [3.63, 3.8) is 0 Å². The van der Waals surface area contributed by atoms with Gasteiger partial charge in [-0.05, 0) is 23.8 Å². The molecule has 0 bridgehead atoms. The van der Waals surface area contributed by atoms with Crippen LogP contribution >= 0.6 is 15.9 Å². The van der Waals surface area contributed by atoms with Crippen molar-refractivity contribution in [2.45, 2.75) is 6.54 Å². The quantitative estimate of drug-likeness (QED) is 0.737. The van der Waals surface area contributed by atoms with E-state index in [0.717, 1.165) is 26.6 Å². The third-order valence-corrected chi connectivity index (χ3v) is 4.11. The van der Waals surface area contributed by atoms with Crippen LogP contribution in [0.4, 0.5) is 5.69 Å². The molecule has 5 heteroatoms. The Kier molecular flexibility index (Phi) is 4.45. The summed E-state index contributed by atoms with van der Waals surface area (Å²) in [6.07, 6.45) is 1.58. The van der Waals surface area contributed by atoms with Gasteiger partial charge in [0.15, 0.2) is 0 Å². The number of rotatable bonds is 4. The van der Waals surface area contributed by atoms with Crippen molar-refractivity contribution in [1.29, 1.82) is 5.26 Å². The summed E-state index contributed by atoms with van der Waals surface area (Å²) in [4.78, 5) is 4.36. The molecule has 0 radical (unpaired) electrons. The van der Waals surface area contributed by atoms with E-state index in [1.165, 1.54) is 0 Å². The first-order valence-corrected chi connectivity index (χ1v) is 7.86. The van der Waals surface area contributed by atoms with Crippen molar-refractivity contribution < 1.29 is 4.74 Å². The average molecular weight is 368 g/mol. The number of nitriles is 1. The van der Waals surface area contributed by atoms with Crippen molar-refractivity contribution in [3.8, 4) is 11.8 Å². The first kappa shape index (κ1) is 15.3. The van der Waals surface area contributed by atoms with E-state index in [1.54, 1.807) is 13.3 Å². The van der Waals surface area contributed by atoms with Gasteiger partial charge in [0, 0.05) is 22.6 Å². The second kappa shape index (κ2) is 6.67. The molecule has 0 saturated carbocycles. The van der Waals surface area contributed by atoms with E-state index in [9.17, 15) is 5.26 Å². The summed E-state index contributed by atoms with van der Waals surface area (Å²) in [6.45, 7) is 0.623. The number of pyridine rings is 1. The molecule has 3 aromatic rings. The van der Waals surface area contributed by atoms with Crippen LogP contribution in [-0.4, -0.2) is 12.1 Å². The zero-order chi connectivity index (χ0) is 16.2. The molecule has 4 nitrogen and oxygen atoms in total. The molecule has 1 aromatic heterocycles. The largest absolute Gasteiger partial charge is 0.494 e. The second-order valence-electron chi connectivity index (χ2n) is 5.00. The predicted molar refractivity (Wildman–Crippen MR) is 94.5 cm³/mol. The molecule has 0 unspecified atom stereocenters. The number of hydrogen-bond acceptors (Lipinski definition) is 4. The predicted octanol–water partition coefficient (Wildman–Crippen LogP) is 4.49. The van der Waals surface area contributed by atoms with E-state index in [4.69, 9.17) is 4.74 Å². The summed E-state index contributed by atoms with van der Waals surface area (Å²) in [7, 11) is 1.61. The number of benzene rings is 2. The highest BCUT2D eigenvalue weighted by atomic mass is 79.9. The number of hydrogen-bond donors (Lipinski definition) is 1. The molecule has 0 atom stereocenters. The summed E-state index contributed by atoms with van der Waals surface area (Å²) < 4.78 is 6.39. The van der Waals surface area contributed by atoms with Gasteiger partial charge in [-0.25, -0.2) is 0 Å². The molecule has 0 spiro atoms. The van der Waals surface area contributed by atoms with E-state index in [2.05, 4.69) is 32.3 Å². The zero-order valence-corrected chi connectivity index (χ0v) is 14.1. The summed E-state index contributed by atoms with van der Waals surface area (Å²) >= 11 is 3.43. The maximum Gasteiger partial charge on any atom is 0.145 e. The smallest absolute Gasteiger partial charge is 0.145 e. The van der Waals surface area contributed by atoms with Crippen molar-refractivity contribution in [2.75, 3.05) is 12.4 Å². The van der Waals surface area contributed by atoms with Gasteiger partial charge in [-0.2, -0.15) is 5.26 Å². The number of para-hydroxylation sites is 1. The molecule has 1 N–H and O–H groups in total. The molecular weight excluding hydrogens is 354 g/mol. The molecule has 3 rings (SSSR count). The van der Waals surface area contributed by atoms with Crippen LogP contribution in [0.25, 0.3) is 10.9 Å². The van der Waals surface area contributed by atoms with Crippen LogP contribution in [-0.2, 0) is 6.54 Å². The normalized spacial score (nSPS) is 10.3. The molecule has 0 aliphatic rings. The van der Waals surface area contributed by atoms with Gasteiger partial charge in [-0.1, -0.05) is 40.2 Å². The first-order chi connectivity index (χ1) is 11.2. The Morgan fingerprint density at radius 2 is 2.00 bits per heavy atom. The Balaban J connectivity index is 2.01. The molecule has 114 valence electrons. The number of halogens is 1. The van der Waals surface area contributed by atoms with Gasteiger partial charge in [-0.15, -0.1) is 0 Å². The monoisotopic (exact) mass is 367 g/mol. The molecule has 23 heavy (non-hydrogen) atoms. The third kappa shape index (κ3) is 3.13. The van der Waals surface area contributed by atoms with E-state index in [1.807, 2.05) is 42.5 Å². The summed E-state index contributed by atoms with van der Waals surface area (Å²) in [6, 6.07) is 16.0. The van der Waals surface area contributed by atoms with Crippen LogP contribution in [0.3, 0.4) is 0 Å². The topological polar surface area (TPSA) is 57.9 Å². The van der Waals surface area contributed by atoms with Crippen molar-refractivity contribution in [3.05, 3.63) is 64.3 Å². The maximum atomic E-state index is 9.37. The lowest BCUT2D eigenvalue weighted by Gasteiger charge is -2.13. The molecule has 2 aromatic carbocycles. The van der Waals surface area contributed by atoms with Crippen molar-refractivity contribution in [2.24, 2.45) is 0 Å². The van der Waals surface area contributed by atoms with Gasteiger partial charge in [0.2, 0.25) is 0 Å². The van der Waals surface area contributed by atoms with Crippen LogP contribution in [0.2, 0.25) is 0 Å². The minimum absolute atomic E-state index is 0.517. The van der Waals surface area contributed by atoms with Gasteiger partial charge < -0.3 is 10.1 Å². The number of aromatic nitrogens is 1. The lowest BCUT2D eigenvalue weighted by atomic mass is 10.1. The van der Waals surface area contributed by atoms with E-state index in [-0.39, 0.29) is 0 Å². The summed E-state index contributed by atoms with van der Waals surface area (Å²) in [5.41, 5.74) is 3.17. The number of ether oxygens (including phenoxy) is 1. The van der Waals surface area contributed by atoms with Crippen LogP contribution in [0.15, 0.2) is 53.1 Å². The van der Waals surface area contributed by atoms with Crippen LogP contribution < -0.4 is 10.1 Å². The number of methoxy groups -OCH3 is 1. The lowest BCUT2D eigenvalue weighted by molar-refractivity contribution is 0.419. The van der Waals surface area contributed by atoms with Crippen LogP contribution in [0.1, 0.15) is 11.1 Å². The molecule has 0 saturated heterocycles. The molecule has 0 aliphatic heterocycles. The minimum Gasteiger partial charge on any atom is -0.494 e. The maximum absolute atomic E-state index is 9.37. The number of nitrogens with one attached hydrogen (secondary N) is 1. The van der Waals surface area contributed by atoms with Gasteiger partial charge in [0.1, 0.15) is 17.3 Å². The molecular formula is C18H14BrN3O. The van der Waals surface area contributed by atoms with Crippen LogP contribution in [0.5, 0.6) is 5.75 Å². The van der Waals surface area contributed by atoms with Gasteiger partial charge in [0.05, 0.1) is 18.4 Å². The summed E-state index contributed by atoms with van der Waals surface area (Å²) in [5.74, 6) is 0.693. The lowest BCUT2D eigenvalue weighted by Crippen LogP contribution is -2.03. The van der Waals surface area contributed by atoms with Gasteiger partial charge in [0.25, 0.3) is 0 Å². The molecule has 0 aliphatic carbocycles. The van der Waals surface area contributed by atoms with Crippen molar-refractivity contribution >= 4 is 32.5 Å². The van der Waals surface area contributed by atoms with E-state index in [0.29, 0.717) is 17.9 Å². The Bertz CT molecular complexity index is 885. The Morgan fingerprint density at radius 1 is 1.22 bits per heavy atom. The van der Waals surface area contributed by atoms with Crippen LogP contribution in [0, 0.1) is 11.3 Å². The van der Waals surface area contributed by atoms with E-state index >= 15 is 0 Å². The molecule has 0 amide bonds. The number of nitrogens with zero attached hydrogens (tertiary/aromatic N) is 2. The fourth-order valence-corrected chi connectivity index (χ4v) is 2.69.